The van der Waals surface area contributed by atoms with Crippen LogP contribution in [0.1, 0.15) is 38.8 Å². The molecule has 0 saturated heterocycles. The van der Waals surface area contributed by atoms with E-state index in [4.69, 9.17) is 0 Å². The molecule has 2 unspecified atom stereocenters. The molecule has 1 aromatic rings. The molecule has 0 saturated carbocycles. The molecule has 1 heterocycles. The van der Waals surface area contributed by atoms with Crippen molar-refractivity contribution in [3.05, 3.63) is 47.9 Å². The van der Waals surface area contributed by atoms with Gasteiger partial charge >= 0.3 is 0 Å². The molecule has 0 amide bonds. The minimum Gasteiger partial charge on any atom is -0.364 e. The van der Waals surface area contributed by atoms with Crippen LogP contribution in [0.4, 0.5) is 4.39 Å². The van der Waals surface area contributed by atoms with E-state index in [0.717, 1.165) is 17.8 Å². The second-order valence-electron chi connectivity index (χ2n) is 5.19. The molecule has 1 aliphatic rings. The molecule has 0 aliphatic carbocycles. The summed E-state index contributed by atoms with van der Waals surface area (Å²) in [5.74, 6) is 0.668. The van der Waals surface area contributed by atoms with Gasteiger partial charge in [0.25, 0.3) is 0 Å². The van der Waals surface area contributed by atoms with Gasteiger partial charge in [0.05, 0.1) is 0 Å². The van der Waals surface area contributed by atoms with Crippen molar-refractivity contribution < 1.29 is 4.39 Å². The van der Waals surface area contributed by atoms with Gasteiger partial charge in [-0.3, -0.25) is 0 Å². The number of hydrogen-bond donors (Lipinski definition) is 1. The molecule has 0 spiro atoms. The predicted molar refractivity (Wildman–Crippen MR) is 81.0 cm³/mol. The fraction of sp³-hybridized carbons (Fsp3) is 0.438. The Kier molecular flexibility index (Phi) is 4.77. The first-order valence-corrected chi connectivity index (χ1v) is 7.10. The third kappa shape index (κ3) is 3.59. The first kappa shape index (κ1) is 14.6. The molecule has 108 valence electrons. The van der Waals surface area contributed by atoms with Crippen molar-refractivity contribution in [2.45, 2.75) is 39.3 Å². The second kappa shape index (κ2) is 6.55. The average Bonchev–Trinajstić information content (AvgIpc) is 2.48. The van der Waals surface area contributed by atoms with Crippen LogP contribution in [0.15, 0.2) is 41.5 Å². The van der Waals surface area contributed by atoms with Crippen molar-refractivity contribution in [2.24, 2.45) is 4.99 Å². The third-order valence-electron chi connectivity index (χ3n) is 3.72. The number of rotatable bonds is 4. The molecule has 0 bridgehead atoms. The summed E-state index contributed by atoms with van der Waals surface area (Å²) in [6.07, 6.45) is 5.19. The first-order chi connectivity index (χ1) is 9.60. The number of benzene rings is 1. The van der Waals surface area contributed by atoms with Gasteiger partial charge in [0.15, 0.2) is 0 Å². The monoisotopic (exact) mass is 275 g/mol. The normalized spacial score (nSPS) is 17.6. The Bertz CT molecular complexity index is 493. The van der Waals surface area contributed by atoms with Gasteiger partial charge in [-0.2, -0.15) is 0 Å². The van der Waals surface area contributed by atoms with Gasteiger partial charge in [-0.1, -0.05) is 19.1 Å². The first-order valence-electron chi connectivity index (χ1n) is 7.10. The molecule has 0 fully saturated rings. The third-order valence-corrected chi connectivity index (χ3v) is 3.72. The molecule has 4 heteroatoms. The van der Waals surface area contributed by atoms with Gasteiger partial charge in [-0.05, 0) is 44.0 Å². The summed E-state index contributed by atoms with van der Waals surface area (Å²) in [5.41, 5.74) is 1.05. The topological polar surface area (TPSA) is 27.6 Å². The Morgan fingerprint density at radius 2 is 2.00 bits per heavy atom. The van der Waals surface area contributed by atoms with E-state index in [9.17, 15) is 4.39 Å². The molecule has 20 heavy (non-hydrogen) atoms. The van der Waals surface area contributed by atoms with E-state index in [1.54, 1.807) is 12.1 Å². The van der Waals surface area contributed by atoms with Gasteiger partial charge in [0.1, 0.15) is 18.3 Å². The Hall–Kier alpha value is -1.84. The minimum atomic E-state index is -0.208. The maximum atomic E-state index is 12.9. The second-order valence-corrected chi connectivity index (χ2v) is 5.19. The van der Waals surface area contributed by atoms with E-state index in [0.29, 0.717) is 12.7 Å². The zero-order valence-corrected chi connectivity index (χ0v) is 12.3. The summed E-state index contributed by atoms with van der Waals surface area (Å²) in [5, 5.41) is 3.35. The fourth-order valence-electron chi connectivity index (χ4n) is 2.10. The van der Waals surface area contributed by atoms with Crippen LogP contribution in [-0.2, 0) is 0 Å². The van der Waals surface area contributed by atoms with E-state index in [1.807, 2.05) is 13.0 Å². The summed E-state index contributed by atoms with van der Waals surface area (Å²) >= 11 is 0. The van der Waals surface area contributed by atoms with E-state index in [1.165, 1.54) is 12.1 Å². The van der Waals surface area contributed by atoms with Crippen molar-refractivity contribution in [3.63, 3.8) is 0 Å². The molecule has 1 aliphatic heterocycles. The van der Waals surface area contributed by atoms with Crippen molar-refractivity contribution in [1.29, 1.82) is 0 Å². The largest absolute Gasteiger partial charge is 0.364 e. The van der Waals surface area contributed by atoms with E-state index in [2.05, 4.69) is 35.3 Å². The standard InChI is InChI=1S/C16H22FN3/c1-4-12(2)20-10-9-16(18-11-20)19-13(3)14-5-7-15(17)8-6-14/h5-10,12-13H,4,11H2,1-3H3,(H,18,19). The Labute approximate surface area is 120 Å². The Balaban J connectivity index is 1.93. The maximum Gasteiger partial charge on any atom is 0.124 e. The predicted octanol–water partition coefficient (Wildman–Crippen LogP) is 3.46. The quantitative estimate of drug-likeness (QED) is 0.911. The van der Waals surface area contributed by atoms with Gasteiger partial charge in [0.2, 0.25) is 0 Å². The molecule has 3 nitrogen and oxygen atoms in total. The summed E-state index contributed by atoms with van der Waals surface area (Å²) in [6, 6.07) is 7.17. The van der Waals surface area contributed by atoms with Gasteiger partial charge in [-0.15, -0.1) is 0 Å². The number of halogens is 1. The van der Waals surface area contributed by atoms with Crippen molar-refractivity contribution in [2.75, 3.05) is 6.67 Å². The van der Waals surface area contributed by atoms with Gasteiger partial charge in [-0.25, -0.2) is 9.38 Å². The van der Waals surface area contributed by atoms with Crippen LogP contribution < -0.4 is 5.32 Å². The lowest BCUT2D eigenvalue weighted by Gasteiger charge is -2.28. The molecule has 0 aromatic heterocycles. The molecule has 1 aromatic carbocycles. The van der Waals surface area contributed by atoms with Gasteiger partial charge < -0.3 is 10.2 Å². The summed E-state index contributed by atoms with van der Waals surface area (Å²) in [7, 11) is 0. The number of nitrogens with zero attached hydrogens (tertiary/aromatic N) is 2. The molecule has 0 radical (unpaired) electrons. The van der Waals surface area contributed by atoms with Crippen LogP contribution in [0.3, 0.4) is 0 Å². The van der Waals surface area contributed by atoms with Crippen LogP contribution >= 0.6 is 0 Å². The zero-order valence-electron chi connectivity index (χ0n) is 12.3. The highest BCUT2D eigenvalue weighted by Crippen LogP contribution is 2.14. The highest BCUT2D eigenvalue weighted by Gasteiger charge is 2.13. The van der Waals surface area contributed by atoms with Crippen LogP contribution in [-0.4, -0.2) is 23.4 Å². The summed E-state index contributed by atoms with van der Waals surface area (Å²) in [4.78, 5) is 6.75. The van der Waals surface area contributed by atoms with E-state index < -0.39 is 0 Å². The summed E-state index contributed by atoms with van der Waals surface area (Å²) < 4.78 is 12.9. The lowest BCUT2D eigenvalue weighted by molar-refractivity contribution is 0.292. The molecule has 2 rings (SSSR count). The Morgan fingerprint density at radius 3 is 2.55 bits per heavy atom. The van der Waals surface area contributed by atoms with Crippen molar-refractivity contribution in [1.82, 2.24) is 10.2 Å². The molecular weight excluding hydrogens is 253 g/mol. The fourth-order valence-corrected chi connectivity index (χ4v) is 2.10. The highest BCUT2D eigenvalue weighted by atomic mass is 19.1. The van der Waals surface area contributed by atoms with Crippen LogP contribution in [0, 0.1) is 5.82 Å². The van der Waals surface area contributed by atoms with Gasteiger partial charge in [0, 0.05) is 18.3 Å². The number of nitrogens with one attached hydrogen (secondary N) is 1. The van der Waals surface area contributed by atoms with E-state index in [-0.39, 0.29) is 11.9 Å². The minimum absolute atomic E-state index is 0.106. The lowest BCUT2D eigenvalue weighted by atomic mass is 10.1. The molecule has 2 atom stereocenters. The van der Waals surface area contributed by atoms with Crippen LogP contribution in [0.25, 0.3) is 0 Å². The molecular formula is C16H22FN3. The molecule has 1 N–H and O–H groups in total. The number of hydrogen-bond acceptors (Lipinski definition) is 3. The highest BCUT2D eigenvalue weighted by molar-refractivity contribution is 5.93. The smallest absolute Gasteiger partial charge is 0.124 e. The zero-order chi connectivity index (χ0) is 14.5. The number of amidine groups is 1. The van der Waals surface area contributed by atoms with Crippen LogP contribution in [0.2, 0.25) is 0 Å². The lowest BCUT2D eigenvalue weighted by Crippen LogP contribution is -2.34. The van der Waals surface area contributed by atoms with E-state index >= 15 is 0 Å². The van der Waals surface area contributed by atoms with Crippen molar-refractivity contribution >= 4 is 5.84 Å². The van der Waals surface area contributed by atoms with Crippen LogP contribution in [0.5, 0.6) is 0 Å². The average molecular weight is 275 g/mol. The summed E-state index contributed by atoms with van der Waals surface area (Å²) in [6.45, 7) is 7.10. The SMILES string of the molecule is CCC(C)N1C=CC(NC(C)c2ccc(F)cc2)=NC1. The Morgan fingerprint density at radius 1 is 1.30 bits per heavy atom. The maximum absolute atomic E-state index is 12.9. The number of aliphatic imine (C=N–C) groups is 1. The van der Waals surface area contributed by atoms with Crippen molar-refractivity contribution in [3.8, 4) is 0 Å².